The van der Waals surface area contributed by atoms with Gasteiger partial charge >= 0.3 is 0 Å². The molecule has 1 fully saturated rings. The highest BCUT2D eigenvalue weighted by Crippen LogP contribution is 2.17. The molecule has 22 heavy (non-hydrogen) atoms. The van der Waals surface area contributed by atoms with E-state index in [1.165, 1.54) is 0 Å². The minimum atomic E-state index is -0.0577. The zero-order valence-electron chi connectivity index (χ0n) is 12.3. The SMILES string of the molecule is Cl.NC1CCC(NC(=O)c2cnn(-c3ccccc3)c2)CC1. The normalized spacial score (nSPS) is 21.0. The summed E-state index contributed by atoms with van der Waals surface area (Å²) in [5.41, 5.74) is 7.42. The Hall–Kier alpha value is -1.85. The van der Waals surface area contributed by atoms with Gasteiger partial charge in [0.05, 0.1) is 17.4 Å². The van der Waals surface area contributed by atoms with Crippen LogP contribution >= 0.6 is 12.4 Å². The number of aromatic nitrogens is 2. The highest BCUT2D eigenvalue weighted by molar-refractivity contribution is 5.94. The molecule has 0 radical (unpaired) electrons. The summed E-state index contributed by atoms with van der Waals surface area (Å²) >= 11 is 0. The van der Waals surface area contributed by atoms with Crippen LogP contribution in [0.25, 0.3) is 5.69 Å². The Morgan fingerprint density at radius 3 is 2.55 bits per heavy atom. The van der Waals surface area contributed by atoms with E-state index < -0.39 is 0 Å². The van der Waals surface area contributed by atoms with Crippen molar-refractivity contribution >= 4 is 18.3 Å². The molecule has 0 aliphatic heterocycles. The molecule has 1 heterocycles. The van der Waals surface area contributed by atoms with Crippen LogP contribution in [0.3, 0.4) is 0 Å². The first-order valence-corrected chi connectivity index (χ1v) is 7.39. The van der Waals surface area contributed by atoms with E-state index in [4.69, 9.17) is 5.73 Å². The summed E-state index contributed by atoms with van der Waals surface area (Å²) in [6.45, 7) is 0. The van der Waals surface area contributed by atoms with Gasteiger partial charge in [-0.25, -0.2) is 4.68 Å². The molecule has 3 N–H and O–H groups in total. The van der Waals surface area contributed by atoms with Gasteiger partial charge in [-0.2, -0.15) is 5.10 Å². The molecule has 1 saturated carbocycles. The maximum atomic E-state index is 12.2. The Morgan fingerprint density at radius 2 is 1.86 bits per heavy atom. The lowest BCUT2D eigenvalue weighted by Crippen LogP contribution is -2.40. The third kappa shape index (κ3) is 3.87. The van der Waals surface area contributed by atoms with Crippen molar-refractivity contribution in [3.8, 4) is 5.69 Å². The van der Waals surface area contributed by atoms with Gasteiger partial charge in [0.2, 0.25) is 0 Å². The van der Waals surface area contributed by atoms with Crippen molar-refractivity contribution in [3.05, 3.63) is 48.3 Å². The molecule has 118 valence electrons. The second-order valence-electron chi connectivity index (χ2n) is 5.59. The van der Waals surface area contributed by atoms with Crippen LogP contribution in [-0.2, 0) is 0 Å². The number of hydrogen-bond acceptors (Lipinski definition) is 3. The number of rotatable bonds is 3. The van der Waals surface area contributed by atoms with Crippen molar-refractivity contribution in [1.29, 1.82) is 0 Å². The molecular formula is C16H21ClN4O. The number of para-hydroxylation sites is 1. The van der Waals surface area contributed by atoms with Crippen LogP contribution < -0.4 is 11.1 Å². The lowest BCUT2D eigenvalue weighted by molar-refractivity contribution is 0.0926. The minimum absolute atomic E-state index is 0. The smallest absolute Gasteiger partial charge is 0.254 e. The van der Waals surface area contributed by atoms with Gasteiger partial charge in [-0.3, -0.25) is 4.79 Å². The summed E-state index contributed by atoms with van der Waals surface area (Å²) in [7, 11) is 0. The van der Waals surface area contributed by atoms with E-state index in [1.807, 2.05) is 30.3 Å². The lowest BCUT2D eigenvalue weighted by atomic mass is 9.92. The number of nitrogens with zero attached hydrogens (tertiary/aromatic N) is 2. The van der Waals surface area contributed by atoms with Gasteiger partial charge in [-0.1, -0.05) is 18.2 Å². The van der Waals surface area contributed by atoms with Crippen LogP contribution in [0, 0.1) is 0 Å². The standard InChI is InChI=1S/C16H20N4O.ClH/c17-13-6-8-14(9-7-13)19-16(21)12-10-18-20(11-12)15-4-2-1-3-5-15;/h1-5,10-11,13-14H,6-9,17H2,(H,19,21);1H. The Labute approximate surface area is 136 Å². The predicted molar refractivity (Wildman–Crippen MR) is 88.5 cm³/mol. The zero-order valence-corrected chi connectivity index (χ0v) is 13.1. The predicted octanol–water partition coefficient (Wildman–Crippen LogP) is 2.29. The summed E-state index contributed by atoms with van der Waals surface area (Å²) in [4.78, 5) is 12.2. The average molecular weight is 321 g/mol. The Kier molecular flexibility index (Phi) is 5.57. The van der Waals surface area contributed by atoms with E-state index in [0.29, 0.717) is 11.6 Å². The molecule has 0 saturated heterocycles. The van der Waals surface area contributed by atoms with E-state index in [0.717, 1.165) is 31.4 Å². The van der Waals surface area contributed by atoms with E-state index in [2.05, 4.69) is 10.4 Å². The van der Waals surface area contributed by atoms with E-state index in [1.54, 1.807) is 17.1 Å². The number of hydrogen-bond donors (Lipinski definition) is 2. The van der Waals surface area contributed by atoms with Crippen molar-refractivity contribution in [2.24, 2.45) is 5.73 Å². The number of nitrogens with two attached hydrogens (primary N) is 1. The molecule has 2 aromatic rings. The molecule has 0 unspecified atom stereocenters. The highest BCUT2D eigenvalue weighted by atomic mass is 35.5. The quantitative estimate of drug-likeness (QED) is 0.911. The molecule has 0 spiro atoms. The number of carbonyl (C=O) groups excluding carboxylic acids is 1. The number of carbonyl (C=O) groups is 1. The minimum Gasteiger partial charge on any atom is -0.349 e. The maximum Gasteiger partial charge on any atom is 0.254 e. The van der Waals surface area contributed by atoms with Crippen molar-refractivity contribution in [1.82, 2.24) is 15.1 Å². The second kappa shape index (κ2) is 7.42. The number of nitrogens with one attached hydrogen (secondary N) is 1. The first kappa shape index (κ1) is 16.5. The maximum absolute atomic E-state index is 12.2. The molecule has 6 heteroatoms. The average Bonchev–Trinajstić information content (AvgIpc) is 3.00. The van der Waals surface area contributed by atoms with Crippen LogP contribution in [0.15, 0.2) is 42.7 Å². The molecule has 5 nitrogen and oxygen atoms in total. The molecule has 0 bridgehead atoms. The summed E-state index contributed by atoms with van der Waals surface area (Å²) in [6, 6.07) is 10.3. The van der Waals surface area contributed by atoms with Crippen LogP contribution in [0.5, 0.6) is 0 Å². The molecule has 3 rings (SSSR count). The fraction of sp³-hybridized carbons (Fsp3) is 0.375. The zero-order chi connectivity index (χ0) is 14.7. The van der Waals surface area contributed by atoms with Crippen LogP contribution in [-0.4, -0.2) is 27.8 Å². The van der Waals surface area contributed by atoms with Gasteiger partial charge in [-0.15, -0.1) is 12.4 Å². The molecule has 0 atom stereocenters. The van der Waals surface area contributed by atoms with Crippen molar-refractivity contribution in [3.63, 3.8) is 0 Å². The van der Waals surface area contributed by atoms with E-state index >= 15 is 0 Å². The first-order valence-electron chi connectivity index (χ1n) is 7.39. The van der Waals surface area contributed by atoms with Gasteiger partial charge in [-0.05, 0) is 37.8 Å². The van der Waals surface area contributed by atoms with Gasteiger partial charge in [0, 0.05) is 18.3 Å². The van der Waals surface area contributed by atoms with Crippen LogP contribution in [0.1, 0.15) is 36.0 Å². The summed E-state index contributed by atoms with van der Waals surface area (Å²) < 4.78 is 1.71. The molecule has 1 aliphatic carbocycles. The van der Waals surface area contributed by atoms with Crippen molar-refractivity contribution < 1.29 is 4.79 Å². The Balaban J connectivity index is 0.00000176. The Morgan fingerprint density at radius 1 is 1.18 bits per heavy atom. The molecule has 1 aromatic carbocycles. The summed E-state index contributed by atoms with van der Waals surface area (Å²) in [5.74, 6) is -0.0577. The van der Waals surface area contributed by atoms with Crippen molar-refractivity contribution in [2.75, 3.05) is 0 Å². The fourth-order valence-electron chi connectivity index (χ4n) is 2.69. The van der Waals surface area contributed by atoms with Gasteiger partial charge in [0.15, 0.2) is 0 Å². The van der Waals surface area contributed by atoms with E-state index in [-0.39, 0.29) is 24.4 Å². The largest absolute Gasteiger partial charge is 0.349 e. The molecule has 1 amide bonds. The highest BCUT2D eigenvalue weighted by Gasteiger charge is 2.21. The van der Waals surface area contributed by atoms with Gasteiger partial charge in [0.1, 0.15) is 0 Å². The van der Waals surface area contributed by atoms with Crippen molar-refractivity contribution in [2.45, 2.75) is 37.8 Å². The van der Waals surface area contributed by atoms with Crippen LogP contribution in [0.4, 0.5) is 0 Å². The molecular weight excluding hydrogens is 300 g/mol. The summed E-state index contributed by atoms with van der Waals surface area (Å²) in [6.07, 6.45) is 7.25. The molecule has 1 aliphatic rings. The topological polar surface area (TPSA) is 72.9 Å². The fourth-order valence-corrected chi connectivity index (χ4v) is 2.69. The number of halogens is 1. The van der Waals surface area contributed by atoms with Gasteiger partial charge < -0.3 is 11.1 Å². The third-order valence-electron chi connectivity index (χ3n) is 3.97. The number of benzene rings is 1. The first-order chi connectivity index (χ1) is 10.2. The monoisotopic (exact) mass is 320 g/mol. The lowest BCUT2D eigenvalue weighted by Gasteiger charge is -2.26. The van der Waals surface area contributed by atoms with E-state index in [9.17, 15) is 4.79 Å². The second-order valence-corrected chi connectivity index (χ2v) is 5.59. The molecule has 1 aromatic heterocycles. The Bertz CT molecular complexity index is 606. The summed E-state index contributed by atoms with van der Waals surface area (Å²) in [5, 5.41) is 7.32. The third-order valence-corrected chi connectivity index (χ3v) is 3.97. The van der Waals surface area contributed by atoms with Crippen LogP contribution in [0.2, 0.25) is 0 Å². The van der Waals surface area contributed by atoms with Gasteiger partial charge in [0.25, 0.3) is 5.91 Å². The number of amides is 1.